The minimum atomic E-state index is 0.679. The normalized spacial score (nSPS) is 20.6. The van der Waals surface area contributed by atoms with E-state index < -0.39 is 0 Å². The molecule has 1 aromatic heterocycles. The highest BCUT2D eigenvalue weighted by molar-refractivity contribution is 5.85. The molecule has 0 amide bonds. The van der Waals surface area contributed by atoms with Gasteiger partial charge >= 0.3 is 0 Å². The van der Waals surface area contributed by atoms with E-state index in [1.165, 1.54) is 41.5 Å². The van der Waals surface area contributed by atoms with Gasteiger partial charge < -0.3 is 10.3 Å². The highest BCUT2D eigenvalue weighted by Gasteiger charge is 2.21. The molecular formula is C17H25N3. The first-order valence-corrected chi connectivity index (χ1v) is 7.66. The summed E-state index contributed by atoms with van der Waals surface area (Å²) in [5.74, 6) is 0.679. The number of aryl methyl sites for hydroxylation is 2. The molecule has 3 nitrogen and oxygen atoms in total. The third-order valence-corrected chi connectivity index (χ3v) is 4.82. The summed E-state index contributed by atoms with van der Waals surface area (Å²) in [5, 5.41) is 1.39. The van der Waals surface area contributed by atoms with Gasteiger partial charge in [-0.05, 0) is 50.4 Å². The Hall–Kier alpha value is -1.32. The monoisotopic (exact) mass is 271 g/mol. The zero-order valence-electron chi connectivity index (χ0n) is 12.6. The zero-order valence-corrected chi connectivity index (χ0v) is 12.6. The lowest BCUT2D eigenvalue weighted by molar-refractivity contribution is 0.168. The molecule has 1 fully saturated rings. The molecule has 0 radical (unpaired) electrons. The minimum Gasteiger partial charge on any atom is -0.346 e. The average Bonchev–Trinajstić information content (AvgIpc) is 2.73. The molecule has 108 valence electrons. The molecule has 1 aromatic carbocycles. The number of rotatable bonds is 3. The van der Waals surface area contributed by atoms with E-state index in [-0.39, 0.29) is 0 Å². The van der Waals surface area contributed by atoms with Gasteiger partial charge in [-0.1, -0.05) is 18.2 Å². The molecule has 1 unspecified atom stereocenters. The molecular weight excluding hydrogens is 246 g/mol. The van der Waals surface area contributed by atoms with Crippen molar-refractivity contribution in [2.45, 2.75) is 26.3 Å². The lowest BCUT2D eigenvalue weighted by atomic mass is 9.98. The molecule has 1 atom stereocenters. The molecule has 0 spiro atoms. The predicted molar refractivity (Wildman–Crippen MR) is 84.7 cm³/mol. The number of aromatic nitrogens is 1. The minimum absolute atomic E-state index is 0.679. The number of nitrogens with zero attached hydrogens (tertiary/aromatic N) is 2. The van der Waals surface area contributed by atoms with Crippen LogP contribution < -0.4 is 5.73 Å². The number of benzene rings is 1. The van der Waals surface area contributed by atoms with Crippen molar-refractivity contribution >= 4 is 10.9 Å². The molecule has 0 saturated carbocycles. The highest BCUT2D eigenvalue weighted by atomic mass is 15.2. The van der Waals surface area contributed by atoms with Crippen LogP contribution in [0.25, 0.3) is 10.9 Å². The quantitative estimate of drug-likeness (QED) is 0.931. The summed E-state index contributed by atoms with van der Waals surface area (Å²) < 4.78 is 2.36. The van der Waals surface area contributed by atoms with Gasteiger partial charge in [0.2, 0.25) is 0 Å². The maximum Gasteiger partial charge on any atom is 0.0483 e. The third-order valence-electron chi connectivity index (χ3n) is 4.82. The number of fused-ring (bicyclic) bond motifs is 1. The molecule has 2 heterocycles. The van der Waals surface area contributed by atoms with E-state index in [1.54, 1.807) is 0 Å². The van der Waals surface area contributed by atoms with Gasteiger partial charge in [0.25, 0.3) is 0 Å². The Kier molecular flexibility index (Phi) is 3.81. The van der Waals surface area contributed by atoms with Crippen molar-refractivity contribution < 1.29 is 0 Å². The van der Waals surface area contributed by atoms with Crippen LogP contribution in [-0.4, -0.2) is 29.1 Å². The van der Waals surface area contributed by atoms with Crippen LogP contribution in [-0.2, 0) is 13.6 Å². The van der Waals surface area contributed by atoms with E-state index in [0.29, 0.717) is 5.92 Å². The van der Waals surface area contributed by atoms with Gasteiger partial charge in [-0.25, -0.2) is 0 Å². The van der Waals surface area contributed by atoms with Gasteiger partial charge in [0, 0.05) is 36.7 Å². The van der Waals surface area contributed by atoms with Crippen LogP contribution in [0.3, 0.4) is 0 Å². The smallest absolute Gasteiger partial charge is 0.0483 e. The fourth-order valence-electron chi connectivity index (χ4n) is 3.56. The number of piperidine rings is 1. The van der Waals surface area contributed by atoms with E-state index >= 15 is 0 Å². The molecule has 1 aliphatic heterocycles. The Labute approximate surface area is 121 Å². The second kappa shape index (κ2) is 5.58. The first-order valence-electron chi connectivity index (χ1n) is 7.66. The Balaban J connectivity index is 1.87. The van der Waals surface area contributed by atoms with Crippen LogP contribution in [0.2, 0.25) is 0 Å². The lowest BCUT2D eigenvalue weighted by Gasteiger charge is -2.32. The molecule has 0 bridgehead atoms. The Morgan fingerprint density at radius 2 is 2.10 bits per heavy atom. The second-order valence-electron chi connectivity index (χ2n) is 6.13. The SMILES string of the molecule is Cc1c(CN2CCCC(CN)C2)n(C)c2ccccc12. The van der Waals surface area contributed by atoms with E-state index in [2.05, 4.69) is 47.7 Å². The van der Waals surface area contributed by atoms with Gasteiger partial charge in [0.05, 0.1) is 0 Å². The van der Waals surface area contributed by atoms with Crippen molar-refractivity contribution in [2.24, 2.45) is 18.7 Å². The molecule has 0 aliphatic carbocycles. The zero-order chi connectivity index (χ0) is 14.1. The molecule has 3 rings (SSSR count). The number of hydrogen-bond donors (Lipinski definition) is 1. The molecule has 20 heavy (non-hydrogen) atoms. The summed E-state index contributed by atoms with van der Waals surface area (Å²) in [6.45, 7) is 6.48. The number of likely N-dealkylation sites (tertiary alicyclic amines) is 1. The molecule has 2 N–H and O–H groups in total. The summed E-state index contributed by atoms with van der Waals surface area (Å²) >= 11 is 0. The molecule has 2 aromatic rings. The third kappa shape index (κ3) is 2.36. The second-order valence-corrected chi connectivity index (χ2v) is 6.13. The van der Waals surface area contributed by atoms with Crippen molar-refractivity contribution in [3.8, 4) is 0 Å². The molecule has 1 saturated heterocycles. The van der Waals surface area contributed by atoms with Crippen molar-refractivity contribution in [3.05, 3.63) is 35.5 Å². The average molecular weight is 271 g/mol. The fraction of sp³-hybridized carbons (Fsp3) is 0.529. The van der Waals surface area contributed by atoms with Gasteiger partial charge in [0.15, 0.2) is 0 Å². The van der Waals surface area contributed by atoms with Crippen molar-refractivity contribution in [1.29, 1.82) is 0 Å². The van der Waals surface area contributed by atoms with Gasteiger partial charge in [-0.3, -0.25) is 4.90 Å². The molecule has 1 aliphatic rings. The topological polar surface area (TPSA) is 34.2 Å². The number of para-hydroxylation sites is 1. The Bertz CT molecular complexity index is 561. The van der Waals surface area contributed by atoms with E-state index in [9.17, 15) is 0 Å². The van der Waals surface area contributed by atoms with Crippen LogP contribution in [0.15, 0.2) is 24.3 Å². The van der Waals surface area contributed by atoms with Crippen molar-refractivity contribution in [2.75, 3.05) is 19.6 Å². The van der Waals surface area contributed by atoms with Gasteiger partial charge in [-0.2, -0.15) is 0 Å². The maximum atomic E-state index is 5.85. The Morgan fingerprint density at radius 3 is 2.85 bits per heavy atom. The maximum absolute atomic E-state index is 5.85. The van der Waals surface area contributed by atoms with E-state index in [0.717, 1.165) is 19.6 Å². The highest BCUT2D eigenvalue weighted by Crippen LogP contribution is 2.26. The van der Waals surface area contributed by atoms with Crippen LogP contribution in [0.5, 0.6) is 0 Å². The summed E-state index contributed by atoms with van der Waals surface area (Å²) in [6, 6.07) is 8.69. The standard InChI is InChI=1S/C17H25N3/c1-13-15-7-3-4-8-16(15)19(2)17(13)12-20-9-5-6-14(10-18)11-20/h3-4,7-8,14H,5-6,9-12,18H2,1-2H3. The van der Waals surface area contributed by atoms with E-state index in [1.807, 2.05) is 0 Å². The summed E-state index contributed by atoms with van der Waals surface area (Å²) in [7, 11) is 2.19. The fourth-order valence-corrected chi connectivity index (χ4v) is 3.56. The number of nitrogens with two attached hydrogens (primary N) is 1. The van der Waals surface area contributed by atoms with Crippen LogP contribution in [0.1, 0.15) is 24.1 Å². The summed E-state index contributed by atoms with van der Waals surface area (Å²) in [4.78, 5) is 2.57. The van der Waals surface area contributed by atoms with Crippen LogP contribution >= 0.6 is 0 Å². The van der Waals surface area contributed by atoms with Gasteiger partial charge in [-0.15, -0.1) is 0 Å². The largest absolute Gasteiger partial charge is 0.346 e. The van der Waals surface area contributed by atoms with E-state index in [4.69, 9.17) is 5.73 Å². The van der Waals surface area contributed by atoms with Gasteiger partial charge in [0.1, 0.15) is 0 Å². The van der Waals surface area contributed by atoms with Crippen molar-refractivity contribution in [3.63, 3.8) is 0 Å². The first-order chi connectivity index (χ1) is 9.70. The van der Waals surface area contributed by atoms with Crippen molar-refractivity contribution in [1.82, 2.24) is 9.47 Å². The summed E-state index contributed by atoms with van der Waals surface area (Å²) in [6.07, 6.45) is 2.58. The van der Waals surface area contributed by atoms with Crippen LogP contribution in [0.4, 0.5) is 0 Å². The lowest BCUT2D eigenvalue weighted by Crippen LogP contribution is -2.38. The molecule has 3 heteroatoms. The van der Waals surface area contributed by atoms with Crippen LogP contribution in [0, 0.1) is 12.8 Å². The summed E-state index contributed by atoms with van der Waals surface area (Å²) in [5.41, 5.74) is 10.1. The predicted octanol–water partition coefficient (Wildman–Crippen LogP) is 2.66. The number of hydrogen-bond acceptors (Lipinski definition) is 2. The first kappa shape index (κ1) is 13.7. The Morgan fingerprint density at radius 1 is 1.30 bits per heavy atom.